The summed E-state index contributed by atoms with van der Waals surface area (Å²) in [5, 5.41) is 2.79. The van der Waals surface area contributed by atoms with Crippen LogP contribution in [0.3, 0.4) is 0 Å². The Morgan fingerprint density at radius 1 is 1.58 bits per heavy atom. The molecule has 0 aromatic carbocycles. The second-order valence-corrected chi connectivity index (χ2v) is 3.55. The number of methoxy groups -OCH3 is 1. The fourth-order valence-corrected chi connectivity index (χ4v) is 0.811. The monoisotopic (exact) mass is 171 g/mol. The standard InChI is InChI=1S/C9H17NO2/c1-7(2)8(11)10-9(3,4)6-12-5/h1,6H2,2-5H3,(H,10,11). The average Bonchev–Trinajstić information content (AvgIpc) is 1.85. The van der Waals surface area contributed by atoms with Gasteiger partial charge in [-0.3, -0.25) is 4.79 Å². The maximum Gasteiger partial charge on any atom is 0.246 e. The first-order valence-electron chi connectivity index (χ1n) is 3.86. The zero-order chi connectivity index (χ0) is 9.78. The number of carbonyl (C=O) groups excluding carboxylic acids is 1. The fourth-order valence-electron chi connectivity index (χ4n) is 0.811. The van der Waals surface area contributed by atoms with Crippen molar-refractivity contribution >= 4 is 5.91 Å². The van der Waals surface area contributed by atoms with Crippen LogP contribution in [0.4, 0.5) is 0 Å². The fraction of sp³-hybridized carbons (Fsp3) is 0.667. The van der Waals surface area contributed by atoms with E-state index in [9.17, 15) is 4.79 Å². The van der Waals surface area contributed by atoms with E-state index in [4.69, 9.17) is 4.74 Å². The SMILES string of the molecule is C=C(C)C(=O)NC(C)(C)COC. The summed E-state index contributed by atoms with van der Waals surface area (Å²) >= 11 is 0. The first-order chi connectivity index (χ1) is 5.39. The van der Waals surface area contributed by atoms with Gasteiger partial charge in [-0.2, -0.15) is 0 Å². The number of rotatable bonds is 4. The Hall–Kier alpha value is -0.830. The molecule has 1 amide bonds. The van der Waals surface area contributed by atoms with Gasteiger partial charge in [-0.25, -0.2) is 0 Å². The van der Waals surface area contributed by atoms with E-state index in [0.717, 1.165) is 0 Å². The summed E-state index contributed by atoms with van der Waals surface area (Å²) in [7, 11) is 1.61. The number of hydrogen-bond acceptors (Lipinski definition) is 2. The molecule has 0 aromatic heterocycles. The molecule has 0 bridgehead atoms. The van der Waals surface area contributed by atoms with Crippen molar-refractivity contribution in [3.05, 3.63) is 12.2 Å². The van der Waals surface area contributed by atoms with Crippen LogP contribution in [0.2, 0.25) is 0 Å². The zero-order valence-electron chi connectivity index (χ0n) is 8.23. The molecule has 0 atom stereocenters. The van der Waals surface area contributed by atoms with Gasteiger partial charge in [0.2, 0.25) is 5.91 Å². The number of ether oxygens (including phenoxy) is 1. The summed E-state index contributed by atoms with van der Waals surface area (Å²) in [5.74, 6) is -0.128. The lowest BCUT2D eigenvalue weighted by Gasteiger charge is -2.25. The van der Waals surface area contributed by atoms with Crippen molar-refractivity contribution in [2.75, 3.05) is 13.7 Å². The highest BCUT2D eigenvalue weighted by molar-refractivity contribution is 5.92. The van der Waals surface area contributed by atoms with Crippen LogP contribution >= 0.6 is 0 Å². The molecule has 0 spiro atoms. The van der Waals surface area contributed by atoms with Crippen LogP contribution in [-0.4, -0.2) is 25.2 Å². The van der Waals surface area contributed by atoms with Gasteiger partial charge >= 0.3 is 0 Å². The van der Waals surface area contributed by atoms with Crippen LogP contribution in [0.1, 0.15) is 20.8 Å². The van der Waals surface area contributed by atoms with E-state index in [1.807, 2.05) is 13.8 Å². The molecule has 1 N–H and O–H groups in total. The Morgan fingerprint density at radius 2 is 2.08 bits per heavy atom. The van der Waals surface area contributed by atoms with Gasteiger partial charge in [0.1, 0.15) is 0 Å². The lowest BCUT2D eigenvalue weighted by Crippen LogP contribution is -2.46. The molecule has 0 aliphatic rings. The minimum Gasteiger partial charge on any atom is -0.382 e. The molecule has 0 unspecified atom stereocenters. The molecule has 12 heavy (non-hydrogen) atoms. The number of hydrogen-bond donors (Lipinski definition) is 1. The van der Waals surface area contributed by atoms with Gasteiger partial charge in [0.25, 0.3) is 0 Å². The van der Waals surface area contributed by atoms with Crippen molar-refractivity contribution in [3.8, 4) is 0 Å². The Kier molecular flexibility index (Phi) is 3.96. The smallest absolute Gasteiger partial charge is 0.246 e. The molecule has 0 radical (unpaired) electrons. The predicted molar refractivity (Wildman–Crippen MR) is 48.9 cm³/mol. The lowest BCUT2D eigenvalue weighted by molar-refractivity contribution is -0.119. The Morgan fingerprint density at radius 3 is 2.42 bits per heavy atom. The van der Waals surface area contributed by atoms with Crippen LogP contribution in [-0.2, 0) is 9.53 Å². The molecule has 0 saturated carbocycles. The molecular weight excluding hydrogens is 154 g/mol. The van der Waals surface area contributed by atoms with Crippen LogP contribution in [0.15, 0.2) is 12.2 Å². The molecule has 3 nitrogen and oxygen atoms in total. The number of nitrogens with one attached hydrogen (secondary N) is 1. The predicted octanol–water partition coefficient (Wildman–Crippen LogP) is 1.10. The van der Waals surface area contributed by atoms with E-state index in [2.05, 4.69) is 11.9 Å². The van der Waals surface area contributed by atoms with Gasteiger partial charge in [-0.1, -0.05) is 6.58 Å². The molecular formula is C9H17NO2. The molecule has 0 aliphatic heterocycles. The van der Waals surface area contributed by atoms with Gasteiger partial charge in [-0.05, 0) is 20.8 Å². The summed E-state index contributed by atoms with van der Waals surface area (Å²) in [6, 6.07) is 0. The third kappa shape index (κ3) is 4.13. The van der Waals surface area contributed by atoms with Crippen molar-refractivity contribution in [3.63, 3.8) is 0 Å². The van der Waals surface area contributed by atoms with E-state index >= 15 is 0 Å². The van der Waals surface area contributed by atoms with E-state index in [-0.39, 0.29) is 11.4 Å². The van der Waals surface area contributed by atoms with Gasteiger partial charge in [-0.15, -0.1) is 0 Å². The molecule has 0 rings (SSSR count). The third-order valence-corrected chi connectivity index (χ3v) is 1.34. The maximum absolute atomic E-state index is 11.2. The second kappa shape index (κ2) is 4.26. The van der Waals surface area contributed by atoms with Gasteiger partial charge in [0, 0.05) is 12.7 Å². The average molecular weight is 171 g/mol. The normalized spacial score (nSPS) is 11.0. The van der Waals surface area contributed by atoms with E-state index in [0.29, 0.717) is 12.2 Å². The van der Waals surface area contributed by atoms with E-state index < -0.39 is 0 Å². The first kappa shape index (κ1) is 11.2. The second-order valence-electron chi connectivity index (χ2n) is 3.55. The van der Waals surface area contributed by atoms with Crippen molar-refractivity contribution in [2.24, 2.45) is 0 Å². The van der Waals surface area contributed by atoms with Gasteiger partial charge < -0.3 is 10.1 Å². The summed E-state index contributed by atoms with van der Waals surface area (Å²) in [6.45, 7) is 9.52. The minimum absolute atomic E-state index is 0.128. The molecule has 70 valence electrons. The maximum atomic E-state index is 11.2. The third-order valence-electron chi connectivity index (χ3n) is 1.34. The summed E-state index contributed by atoms with van der Waals surface area (Å²) in [6.07, 6.45) is 0. The zero-order valence-corrected chi connectivity index (χ0v) is 8.23. The lowest BCUT2D eigenvalue weighted by atomic mass is 10.1. The highest BCUT2D eigenvalue weighted by Gasteiger charge is 2.19. The summed E-state index contributed by atoms with van der Waals surface area (Å²) in [5.41, 5.74) is 0.185. The Bertz CT molecular complexity index is 185. The first-order valence-corrected chi connectivity index (χ1v) is 3.86. The highest BCUT2D eigenvalue weighted by Crippen LogP contribution is 2.03. The topological polar surface area (TPSA) is 38.3 Å². The van der Waals surface area contributed by atoms with Crippen molar-refractivity contribution < 1.29 is 9.53 Å². The van der Waals surface area contributed by atoms with Crippen molar-refractivity contribution in [2.45, 2.75) is 26.3 Å². The quantitative estimate of drug-likeness (QED) is 0.643. The van der Waals surface area contributed by atoms with Crippen molar-refractivity contribution in [1.82, 2.24) is 5.32 Å². The largest absolute Gasteiger partial charge is 0.382 e. The molecule has 3 heteroatoms. The van der Waals surface area contributed by atoms with E-state index in [1.54, 1.807) is 14.0 Å². The molecule has 0 aromatic rings. The Labute approximate surface area is 73.8 Å². The van der Waals surface area contributed by atoms with Gasteiger partial charge in [0.05, 0.1) is 12.1 Å². The molecule has 0 fully saturated rings. The highest BCUT2D eigenvalue weighted by atomic mass is 16.5. The summed E-state index contributed by atoms with van der Waals surface area (Å²) in [4.78, 5) is 11.2. The molecule has 0 saturated heterocycles. The van der Waals surface area contributed by atoms with E-state index in [1.165, 1.54) is 0 Å². The van der Waals surface area contributed by atoms with Gasteiger partial charge in [0.15, 0.2) is 0 Å². The van der Waals surface area contributed by atoms with Crippen LogP contribution in [0.5, 0.6) is 0 Å². The van der Waals surface area contributed by atoms with Crippen LogP contribution in [0.25, 0.3) is 0 Å². The minimum atomic E-state index is -0.329. The Balaban J connectivity index is 4.05. The van der Waals surface area contributed by atoms with Crippen LogP contribution < -0.4 is 5.32 Å². The molecule has 0 aliphatic carbocycles. The number of carbonyl (C=O) groups is 1. The van der Waals surface area contributed by atoms with Crippen molar-refractivity contribution in [1.29, 1.82) is 0 Å². The molecule has 0 heterocycles. The summed E-state index contributed by atoms with van der Waals surface area (Å²) < 4.78 is 4.94. The van der Waals surface area contributed by atoms with Crippen LogP contribution in [0, 0.1) is 0 Å². The number of amides is 1.